The van der Waals surface area contributed by atoms with E-state index in [1.165, 1.54) is 12.1 Å². The van der Waals surface area contributed by atoms with Crippen LogP contribution in [0.1, 0.15) is 29.6 Å². The summed E-state index contributed by atoms with van der Waals surface area (Å²) in [5, 5.41) is 2.83. The number of benzene rings is 1. The first-order chi connectivity index (χ1) is 8.69. The van der Waals surface area contributed by atoms with Crippen LogP contribution in [0, 0.1) is 5.82 Å². The molecule has 0 heterocycles. The number of ether oxygens (including phenoxy) is 1. The largest absolute Gasteiger partial charge is 0.492 e. The van der Waals surface area contributed by atoms with Gasteiger partial charge in [0, 0.05) is 6.04 Å². The van der Waals surface area contributed by atoms with E-state index in [4.69, 9.17) is 4.74 Å². The van der Waals surface area contributed by atoms with Gasteiger partial charge in [-0.2, -0.15) is 0 Å². The minimum atomic E-state index is -0.490. The lowest BCUT2D eigenvalue weighted by Gasteiger charge is -2.08. The lowest BCUT2D eigenvalue weighted by molar-refractivity contribution is -0.121. The summed E-state index contributed by atoms with van der Waals surface area (Å²) in [7, 11) is 0. The van der Waals surface area contributed by atoms with Gasteiger partial charge in [-0.3, -0.25) is 9.59 Å². The highest BCUT2D eigenvalue weighted by molar-refractivity contribution is 5.79. The molecular formula is C13H14FNO3. The van der Waals surface area contributed by atoms with Gasteiger partial charge in [0.25, 0.3) is 0 Å². The number of amides is 1. The van der Waals surface area contributed by atoms with Crippen molar-refractivity contribution >= 4 is 12.2 Å². The number of carbonyl (C=O) groups is 2. The Balaban J connectivity index is 1.81. The van der Waals surface area contributed by atoms with Crippen molar-refractivity contribution < 1.29 is 18.7 Å². The Morgan fingerprint density at radius 1 is 1.50 bits per heavy atom. The first-order valence-corrected chi connectivity index (χ1v) is 5.86. The molecule has 1 amide bonds. The number of nitrogens with one attached hydrogen (secondary N) is 1. The van der Waals surface area contributed by atoms with Crippen LogP contribution in [0.5, 0.6) is 5.75 Å². The Kier molecular flexibility index (Phi) is 3.92. The molecule has 5 heteroatoms. The maximum Gasteiger partial charge on any atom is 0.223 e. The van der Waals surface area contributed by atoms with Crippen molar-refractivity contribution in [2.24, 2.45) is 0 Å². The highest BCUT2D eigenvalue weighted by Crippen LogP contribution is 2.19. The Labute approximate surface area is 104 Å². The zero-order chi connectivity index (χ0) is 13.0. The van der Waals surface area contributed by atoms with Crippen molar-refractivity contribution in [1.29, 1.82) is 0 Å². The monoisotopic (exact) mass is 251 g/mol. The standard InChI is InChI=1S/C13H14FNO3/c14-10-1-4-12(9(7-10)8-16)18-6-5-13(17)15-11-2-3-11/h1,4,7-8,11H,2-3,5-6H2,(H,15,17). The normalized spacial score (nSPS) is 14.1. The number of hydrogen-bond acceptors (Lipinski definition) is 3. The van der Waals surface area contributed by atoms with Crippen molar-refractivity contribution in [1.82, 2.24) is 5.32 Å². The first kappa shape index (κ1) is 12.5. The molecule has 0 radical (unpaired) electrons. The predicted octanol–water partition coefficient (Wildman–Crippen LogP) is 1.69. The molecule has 1 aromatic rings. The smallest absolute Gasteiger partial charge is 0.223 e. The molecule has 1 saturated carbocycles. The van der Waals surface area contributed by atoms with Crippen molar-refractivity contribution in [2.45, 2.75) is 25.3 Å². The van der Waals surface area contributed by atoms with E-state index in [-0.39, 0.29) is 24.5 Å². The molecular weight excluding hydrogens is 237 g/mol. The fourth-order valence-electron chi connectivity index (χ4n) is 1.52. The molecule has 18 heavy (non-hydrogen) atoms. The third kappa shape index (κ3) is 3.55. The molecule has 0 aliphatic heterocycles. The topological polar surface area (TPSA) is 55.4 Å². The molecule has 4 nitrogen and oxygen atoms in total. The number of rotatable bonds is 6. The summed E-state index contributed by atoms with van der Waals surface area (Å²) < 4.78 is 18.2. The number of halogens is 1. The van der Waals surface area contributed by atoms with Gasteiger partial charge in [0.2, 0.25) is 5.91 Å². The second-order valence-corrected chi connectivity index (χ2v) is 4.24. The highest BCUT2D eigenvalue weighted by Gasteiger charge is 2.22. The van der Waals surface area contributed by atoms with Crippen LogP contribution in [0.3, 0.4) is 0 Å². The second kappa shape index (κ2) is 5.62. The predicted molar refractivity (Wildman–Crippen MR) is 63.1 cm³/mol. The van der Waals surface area contributed by atoms with E-state index in [9.17, 15) is 14.0 Å². The van der Waals surface area contributed by atoms with Gasteiger partial charge in [-0.1, -0.05) is 0 Å². The van der Waals surface area contributed by atoms with E-state index in [1.807, 2.05) is 0 Å². The Hall–Kier alpha value is -1.91. The quantitative estimate of drug-likeness (QED) is 0.783. The number of carbonyl (C=O) groups excluding carboxylic acids is 2. The molecule has 2 rings (SSSR count). The minimum Gasteiger partial charge on any atom is -0.492 e. The Morgan fingerprint density at radius 3 is 2.94 bits per heavy atom. The summed E-state index contributed by atoms with van der Waals surface area (Å²) in [6.45, 7) is 0.172. The average molecular weight is 251 g/mol. The second-order valence-electron chi connectivity index (χ2n) is 4.24. The molecule has 0 spiro atoms. The van der Waals surface area contributed by atoms with Gasteiger partial charge in [0.1, 0.15) is 11.6 Å². The van der Waals surface area contributed by atoms with Crippen LogP contribution < -0.4 is 10.1 Å². The SMILES string of the molecule is O=Cc1cc(F)ccc1OCCC(=O)NC1CC1. The number of hydrogen-bond donors (Lipinski definition) is 1. The highest BCUT2D eigenvalue weighted by atomic mass is 19.1. The molecule has 0 saturated heterocycles. The summed E-state index contributed by atoms with van der Waals surface area (Å²) in [6.07, 6.45) is 2.84. The maximum absolute atomic E-state index is 12.9. The van der Waals surface area contributed by atoms with Crippen LogP contribution in [-0.4, -0.2) is 24.8 Å². The average Bonchev–Trinajstić information content (AvgIpc) is 3.14. The van der Waals surface area contributed by atoms with Crippen LogP contribution in [0.15, 0.2) is 18.2 Å². The fraction of sp³-hybridized carbons (Fsp3) is 0.385. The lowest BCUT2D eigenvalue weighted by atomic mass is 10.2. The molecule has 1 aliphatic carbocycles. The van der Waals surface area contributed by atoms with E-state index in [0.29, 0.717) is 18.1 Å². The van der Waals surface area contributed by atoms with Crippen molar-refractivity contribution in [2.75, 3.05) is 6.61 Å². The minimum absolute atomic E-state index is 0.0627. The summed E-state index contributed by atoms with van der Waals surface area (Å²) in [4.78, 5) is 22.1. The Bertz CT molecular complexity index is 458. The number of aldehydes is 1. The molecule has 0 aromatic heterocycles. The zero-order valence-corrected chi connectivity index (χ0v) is 9.82. The molecule has 0 bridgehead atoms. The van der Waals surface area contributed by atoms with E-state index < -0.39 is 5.82 Å². The molecule has 1 aliphatic rings. The van der Waals surface area contributed by atoms with Gasteiger partial charge in [-0.25, -0.2) is 4.39 Å². The maximum atomic E-state index is 12.9. The summed E-state index contributed by atoms with van der Waals surface area (Å²) in [6, 6.07) is 4.03. The van der Waals surface area contributed by atoms with Gasteiger partial charge in [0.05, 0.1) is 18.6 Å². The fourth-order valence-corrected chi connectivity index (χ4v) is 1.52. The van der Waals surface area contributed by atoms with Crippen LogP contribution in [0.2, 0.25) is 0 Å². The first-order valence-electron chi connectivity index (χ1n) is 5.86. The summed E-state index contributed by atoms with van der Waals surface area (Å²) in [5.74, 6) is -0.256. The van der Waals surface area contributed by atoms with Crippen LogP contribution in [0.25, 0.3) is 0 Å². The van der Waals surface area contributed by atoms with E-state index in [2.05, 4.69) is 5.32 Å². The van der Waals surface area contributed by atoms with Gasteiger partial charge in [0.15, 0.2) is 6.29 Å². The van der Waals surface area contributed by atoms with Crippen LogP contribution >= 0.6 is 0 Å². The third-order valence-electron chi connectivity index (χ3n) is 2.63. The summed E-state index contributed by atoms with van der Waals surface area (Å²) >= 11 is 0. The van der Waals surface area contributed by atoms with Crippen LogP contribution in [-0.2, 0) is 4.79 Å². The molecule has 0 atom stereocenters. The van der Waals surface area contributed by atoms with Gasteiger partial charge in [-0.05, 0) is 31.0 Å². The Morgan fingerprint density at radius 2 is 2.28 bits per heavy atom. The van der Waals surface area contributed by atoms with E-state index >= 15 is 0 Å². The van der Waals surface area contributed by atoms with Crippen molar-refractivity contribution in [3.63, 3.8) is 0 Å². The van der Waals surface area contributed by atoms with E-state index in [0.717, 1.165) is 18.9 Å². The molecule has 0 unspecified atom stereocenters. The van der Waals surface area contributed by atoms with Crippen LogP contribution in [0.4, 0.5) is 4.39 Å². The molecule has 1 N–H and O–H groups in total. The van der Waals surface area contributed by atoms with Gasteiger partial charge >= 0.3 is 0 Å². The summed E-state index contributed by atoms with van der Waals surface area (Å²) in [5.41, 5.74) is 0.151. The third-order valence-corrected chi connectivity index (χ3v) is 2.63. The van der Waals surface area contributed by atoms with E-state index in [1.54, 1.807) is 0 Å². The molecule has 96 valence electrons. The lowest BCUT2D eigenvalue weighted by Crippen LogP contribution is -2.26. The zero-order valence-electron chi connectivity index (χ0n) is 9.82. The molecule has 1 aromatic carbocycles. The van der Waals surface area contributed by atoms with Gasteiger partial charge < -0.3 is 10.1 Å². The molecule has 1 fully saturated rings. The van der Waals surface area contributed by atoms with Crippen molar-refractivity contribution in [3.05, 3.63) is 29.6 Å². The van der Waals surface area contributed by atoms with Gasteiger partial charge in [-0.15, -0.1) is 0 Å². The van der Waals surface area contributed by atoms with Crippen molar-refractivity contribution in [3.8, 4) is 5.75 Å².